The lowest BCUT2D eigenvalue weighted by Crippen LogP contribution is -2.42. The summed E-state index contributed by atoms with van der Waals surface area (Å²) in [4.78, 5) is 50.3. The summed E-state index contributed by atoms with van der Waals surface area (Å²) < 4.78 is 31.7. The molecule has 11 nitrogen and oxygen atoms in total. The highest BCUT2D eigenvalue weighted by Crippen LogP contribution is 2.33. The van der Waals surface area contributed by atoms with Gasteiger partial charge in [-0.25, -0.2) is 9.59 Å². The summed E-state index contributed by atoms with van der Waals surface area (Å²) in [5.74, 6) is -5.09. The number of amides is 2. The van der Waals surface area contributed by atoms with E-state index in [1.165, 1.54) is 28.6 Å². The Labute approximate surface area is 252 Å². The second-order valence-corrected chi connectivity index (χ2v) is 10.2. The minimum Gasteiger partial charge on any atom is -0.479 e. The van der Waals surface area contributed by atoms with Crippen molar-refractivity contribution in [3.63, 3.8) is 0 Å². The fraction of sp³-hybridized carbons (Fsp3) is 0.259. The molecular formula is C27H25ClF3N5O6S. The van der Waals surface area contributed by atoms with Crippen molar-refractivity contribution in [1.29, 1.82) is 5.26 Å². The Hall–Kier alpha value is -4.52. The zero-order valence-corrected chi connectivity index (χ0v) is 23.7. The number of pyridine rings is 1. The maximum absolute atomic E-state index is 12.7. The highest BCUT2D eigenvalue weighted by molar-refractivity contribution is 7.14. The Bertz CT molecular complexity index is 1510. The first-order valence-corrected chi connectivity index (χ1v) is 13.5. The molecule has 16 heteroatoms. The molecule has 2 amide bonds. The average molecular weight is 640 g/mol. The van der Waals surface area contributed by atoms with Crippen molar-refractivity contribution in [3.05, 3.63) is 80.8 Å². The third-order valence-corrected chi connectivity index (χ3v) is 7.42. The van der Waals surface area contributed by atoms with Crippen molar-refractivity contribution in [2.75, 3.05) is 4.90 Å². The SMILES string of the molecule is N#Cc1c(C(N)=O)sc2c1CCCC2.NCc1cccc(C(=O)N(c2cccnc2)[C@@H](Cl)C(=O)O)c1.O=C(O)C(F)(F)F. The number of hydrogen-bond acceptors (Lipinski definition) is 8. The van der Waals surface area contributed by atoms with Gasteiger partial charge in [0.05, 0.1) is 17.4 Å². The van der Waals surface area contributed by atoms with Gasteiger partial charge in [-0.05, 0) is 61.1 Å². The van der Waals surface area contributed by atoms with E-state index in [0.717, 1.165) is 41.7 Å². The lowest BCUT2D eigenvalue weighted by molar-refractivity contribution is -0.192. The Morgan fingerprint density at radius 1 is 1.14 bits per heavy atom. The van der Waals surface area contributed by atoms with Gasteiger partial charge in [-0.3, -0.25) is 19.5 Å². The fourth-order valence-electron chi connectivity index (χ4n) is 3.79. The van der Waals surface area contributed by atoms with Crippen molar-refractivity contribution >= 4 is 52.4 Å². The smallest absolute Gasteiger partial charge is 0.479 e. The van der Waals surface area contributed by atoms with Gasteiger partial charge >= 0.3 is 18.1 Å². The number of rotatable bonds is 6. The van der Waals surface area contributed by atoms with Crippen LogP contribution in [0.2, 0.25) is 0 Å². The molecule has 2 aromatic heterocycles. The van der Waals surface area contributed by atoms with Crippen molar-refractivity contribution < 1.29 is 42.6 Å². The van der Waals surface area contributed by atoms with E-state index in [1.54, 1.807) is 36.4 Å². The summed E-state index contributed by atoms with van der Waals surface area (Å²) in [7, 11) is 0. The number of primary amides is 1. The molecule has 0 aliphatic heterocycles. The summed E-state index contributed by atoms with van der Waals surface area (Å²) >= 11 is 7.29. The predicted molar refractivity (Wildman–Crippen MR) is 151 cm³/mol. The standard InChI is InChI=1S/C15H14ClN3O3.C10H10N2OS.C2HF3O2/c16-13(15(21)22)19(12-5-2-6-18-9-12)14(20)11-4-1-3-10(7-11)8-17;11-5-7-6-3-1-2-4-8(6)14-9(7)10(12)13;3-2(4,5)1(6)7/h1-7,9,13H,8,17H2,(H,21,22);1-4H2,(H2,12,13);(H,6,7)/t13-;;/m1../s1. The second kappa shape index (κ2) is 15.6. The Morgan fingerprint density at radius 3 is 2.30 bits per heavy atom. The largest absolute Gasteiger partial charge is 0.490 e. The van der Waals surface area contributed by atoms with Gasteiger partial charge in [0.15, 0.2) is 0 Å². The van der Waals surface area contributed by atoms with E-state index in [9.17, 15) is 27.6 Å². The topological polar surface area (TPSA) is 201 Å². The van der Waals surface area contributed by atoms with Crippen LogP contribution in [0.5, 0.6) is 0 Å². The quantitative estimate of drug-likeness (QED) is 0.227. The van der Waals surface area contributed by atoms with Crippen molar-refractivity contribution in [1.82, 2.24) is 4.98 Å². The number of carboxylic acid groups (broad SMARTS) is 2. The first-order valence-electron chi connectivity index (χ1n) is 12.3. The molecule has 2 heterocycles. The van der Waals surface area contributed by atoms with Crippen LogP contribution in [0.15, 0.2) is 48.8 Å². The van der Waals surface area contributed by atoms with Crippen molar-refractivity contribution in [3.8, 4) is 6.07 Å². The number of aromatic nitrogens is 1. The molecule has 0 radical (unpaired) electrons. The molecule has 228 valence electrons. The lowest BCUT2D eigenvalue weighted by Gasteiger charge is -2.25. The van der Waals surface area contributed by atoms with Crippen molar-refractivity contribution in [2.24, 2.45) is 11.5 Å². The number of thiophene rings is 1. The van der Waals surface area contributed by atoms with Gasteiger partial charge in [-0.1, -0.05) is 23.7 Å². The van der Waals surface area contributed by atoms with Gasteiger partial charge in [-0.2, -0.15) is 18.4 Å². The van der Waals surface area contributed by atoms with Crippen LogP contribution in [-0.2, 0) is 29.0 Å². The van der Waals surface area contributed by atoms with E-state index in [4.69, 9.17) is 43.3 Å². The molecule has 0 unspecified atom stereocenters. The number of benzene rings is 1. The zero-order chi connectivity index (χ0) is 32.3. The number of carboxylic acids is 2. The average Bonchev–Trinajstić information content (AvgIpc) is 3.37. The van der Waals surface area contributed by atoms with Gasteiger partial charge in [0.25, 0.3) is 11.8 Å². The number of aliphatic carboxylic acids is 2. The molecule has 0 saturated carbocycles. The number of carbonyl (C=O) groups is 4. The first kappa shape index (κ1) is 34.7. The van der Waals surface area contributed by atoms with E-state index in [1.807, 2.05) is 0 Å². The van der Waals surface area contributed by atoms with E-state index in [-0.39, 0.29) is 6.54 Å². The molecule has 4 rings (SSSR count). The molecule has 6 N–H and O–H groups in total. The number of anilines is 1. The second-order valence-electron chi connectivity index (χ2n) is 8.66. The lowest BCUT2D eigenvalue weighted by atomic mass is 9.95. The van der Waals surface area contributed by atoms with E-state index in [0.29, 0.717) is 21.7 Å². The van der Waals surface area contributed by atoms with E-state index < -0.39 is 35.4 Å². The highest BCUT2D eigenvalue weighted by Gasteiger charge is 2.38. The summed E-state index contributed by atoms with van der Waals surface area (Å²) in [5, 5.41) is 25.2. The van der Waals surface area contributed by atoms with Gasteiger partial charge in [0.2, 0.25) is 5.50 Å². The van der Waals surface area contributed by atoms with Crippen LogP contribution in [0.25, 0.3) is 0 Å². The third-order valence-electron chi connectivity index (χ3n) is 5.73. The zero-order valence-electron chi connectivity index (χ0n) is 22.2. The van der Waals surface area contributed by atoms with Crippen LogP contribution in [-0.4, -0.2) is 50.6 Å². The number of nitrogens with zero attached hydrogens (tertiary/aromatic N) is 3. The predicted octanol–water partition coefficient (Wildman–Crippen LogP) is 4.07. The van der Waals surface area contributed by atoms with E-state index >= 15 is 0 Å². The summed E-state index contributed by atoms with van der Waals surface area (Å²) in [6.45, 7) is 0.275. The number of alkyl halides is 4. The van der Waals surface area contributed by atoms with Crippen LogP contribution in [0.1, 0.15) is 54.4 Å². The third kappa shape index (κ3) is 9.50. The highest BCUT2D eigenvalue weighted by atomic mass is 35.5. The van der Waals surface area contributed by atoms with Gasteiger partial charge in [-0.15, -0.1) is 11.3 Å². The number of carbonyl (C=O) groups excluding carboxylic acids is 2. The van der Waals surface area contributed by atoms with Crippen LogP contribution in [0.3, 0.4) is 0 Å². The number of nitrogens with two attached hydrogens (primary N) is 2. The maximum Gasteiger partial charge on any atom is 0.490 e. The Balaban J connectivity index is 0.000000261. The number of halogens is 4. The molecule has 0 fully saturated rings. The summed E-state index contributed by atoms with van der Waals surface area (Å²) in [5.41, 5.74) is 12.2. The number of fused-ring (bicyclic) bond motifs is 1. The summed E-state index contributed by atoms with van der Waals surface area (Å²) in [6, 6.07) is 11.9. The van der Waals surface area contributed by atoms with Crippen LogP contribution >= 0.6 is 22.9 Å². The molecule has 1 aromatic carbocycles. The van der Waals surface area contributed by atoms with Crippen molar-refractivity contribution in [2.45, 2.75) is 43.9 Å². The number of hydrogen-bond donors (Lipinski definition) is 4. The number of aryl methyl sites for hydroxylation is 1. The minimum atomic E-state index is -5.08. The fourth-order valence-corrected chi connectivity index (χ4v) is 5.18. The Morgan fingerprint density at radius 2 is 1.79 bits per heavy atom. The normalized spacial score (nSPS) is 12.6. The van der Waals surface area contributed by atoms with Crippen LogP contribution in [0, 0.1) is 11.3 Å². The van der Waals surface area contributed by atoms with Gasteiger partial charge in [0, 0.05) is 23.2 Å². The van der Waals surface area contributed by atoms with Gasteiger partial charge < -0.3 is 21.7 Å². The molecule has 1 aliphatic rings. The molecule has 1 aliphatic carbocycles. The molecule has 0 spiro atoms. The van der Waals surface area contributed by atoms with E-state index in [2.05, 4.69) is 11.1 Å². The van der Waals surface area contributed by atoms with Crippen LogP contribution < -0.4 is 16.4 Å². The molecule has 0 bridgehead atoms. The molecule has 3 aromatic rings. The molecular weight excluding hydrogens is 615 g/mol. The summed E-state index contributed by atoms with van der Waals surface area (Å²) in [6.07, 6.45) is 1.98. The monoisotopic (exact) mass is 639 g/mol. The molecule has 43 heavy (non-hydrogen) atoms. The Kier molecular flexibility index (Phi) is 12.6. The number of nitriles is 1. The van der Waals surface area contributed by atoms with Gasteiger partial charge in [0.1, 0.15) is 10.9 Å². The van der Waals surface area contributed by atoms with Crippen LogP contribution in [0.4, 0.5) is 18.9 Å². The first-order chi connectivity index (χ1) is 20.2. The minimum absolute atomic E-state index is 0.275. The maximum atomic E-state index is 12.7. The molecule has 1 atom stereocenters. The molecule has 0 saturated heterocycles.